The van der Waals surface area contributed by atoms with Gasteiger partial charge in [0.2, 0.25) is 0 Å². The molecule has 1 saturated carbocycles. The molecule has 21 heavy (non-hydrogen) atoms. The Kier molecular flexibility index (Phi) is 5.28. The summed E-state index contributed by atoms with van der Waals surface area (Å²) < 4.78 is 2.37. The molecule has 0 radical (unpaired) electrons. The Morgan fingerprint density at radius 3 is 2.76 bits per heavy atom. The molecule has 0 aromatic carbocycles. The molecule has 4 heteroatoms. The van der Waals surface area contributed by atoms with Gasteiger partial charge in [-0.05, 0) is 38.6 Å². The van der Waals surface area contributed by atoms with Gasteiger partial charge in [-0.3, -0.25) is 0 Å². The van der Waals surface area contributed by atoms with Crippen molar-refractivity contribution in [3.05, 3.63) is 11.6 Å². The first-order valence-corrected chi connectivity index (χ1v) is 9.00. The molecule has 1 unspecified atom stereocenters. The molecule has 118 valence electrons. The predicted octanol–water partition coefficient (Wildman–Crippen LogP) is 3.63. The summed E-state index contributed by atoms with van der Waals surface area (Å²) >= 11 is 0. The smallest absolute Gasteiger partial charge is 0.149 e. The zero-order chi connectivity index (χ0) is 14.5. The lowest BCUT2D eigenvalue weighted by Gasteiger charge is -2.22. The van der Waals surface area contributed by atoms with Gasteiger partial charge in [0.1, 0.15) is 11.6 Å². The Morgan fingerprint density at radius 2 is 1.90 bits per heavy atom. The highest BCUT2D eigenvalue weighted by molar-refractivity contribution is 5.01. The van der Waals surface area contributed by atoms with Crippen LogP contribution < -0.4 is 5.32 Å². The van der Waals surface area contributed by atoms with Gasteiger partial charge in [0.25, 0.3) is 0 Å². The molecule has 1 aliphatic heterocycles. The van der Waals surface area contributed by atoms with Crippen molar-refractivity contribution >= 4 is 0 Å². The van der Waals surface area contributed by atoms with Crippen molar-refractivity contribution in [1.82, 2.24) is 20.1 Å². The van der Waals surface area contributed by atoms with Crippen LogP contribution in [0.1, 0.15) is 82.4 Å². The molecule has 4 nitrogen and oxygen atoms in total. The van der Waals surface area contributed by atoms with Crippen LogP contribution in [0, 0.1) is 5.92 Å². The third kappa shape index (κ3) is 3.85. The second kappa shape index (κ2) is 7.39. The van der Waals surface area contributed by atoms with Crippen LogP contribution >= 0.6 is 0 Å². The monoisotopic (exact) mass is 290 g/mol. The lowest BCUT2D eigenvalue weighted by atomic mass is 9.87. The molecule has 3 rings (SSSR count). The average Bonchev–Trinajstić information content (AvgIpc) is 2.77. The van der Waals surface area contributed by atoms with Crippen molar-refractivity contribution in [2.45, 2.75) is 83.7 Å². The van der Waals surface area contributed by atoms with E-state index in [0.29, 0.717) is 6.04 Å². The minimum Gasteiger partial charge on any atom is -0.314 e. The maximum atomic E-state index is 4.46. The average molecular weight is 290 g/mol. The number of hydrogen-bond acceptors (Lipinski definition) is 3. The zero-order valence-corrected chi connectivity index (χ0v) is 13.5. The van der Waals surface area contributed by atoms with E-state index in [2.05, 4.69) is 27.0 Å². The molecule has 2 heterocycles. The number of fused-ring (bicyclic) bond motifs is 1. The first kappa shape index (κ1) is 15.0. The fourth-order valence-corrected chi connectivity index (χ4v) is 3.90. The topological polar surface area (TPSA) is 42.7 Å². The molecule has 1 N–H and O–H groups in total. The van der Waals surface area contributed by atoms with Crippen molar-refractivity contribution in [1.29, 1.82) is 0 Å². The minimum atomic E-state index is 0.327. The molecule has 0 bridgehead atoms. The highest BCUT2D eigenvalue weighted by Gasteiger charge is 2.19. The fourth-order valence-electron chi connectivity index (χ4n) is 3.90. The number of rotatable bonds is 5. The Bertz CT molecular complexity index is 434. The second-order valence-electron chi connectivity index (χ2n) is 6.91. The highest BCUT2D eigenvalue weighted by atomic mass is 15.3. The maximum Gasteiger partial charge on any atom is 0.149 e. The third-order valence-corrected chi connectivity index (χ3v) is 5.25. The summed E-state index contributed by atoms with van der Waals surface area (Å²) in [7, 11) is 0. The van der Waals surface area contributed by atoms with Gasteiger partial charge in [0.15, 0.2) is 0 Å². The van der Waals surface area contributed by atoms with E-state index < -0.39 is 0 Å². The van der Waals surface area contributed by atoms with Gasteiger partial charge < -0.3 is 9.88 Å². The van der Waals surface area contributed by atoms with Gasteiger partial charge in [-0.25, -0.2) is 0 Å². The second-order valence-corrected chi connectivity index (χ2v) is 6.91. The summed E-state index contributed by atoms with van der Waals surface area (Å²) in [5.41, 5.74) is 0. The van der Waals surface area contributed by atoms with Crippen LogP contribution in [0.5, 0.6) is 0 Å². The number of aromatic nitrogens is 3. The number of nitrogens with one attached hydrogen (secondary N) is 1. The Labute approximate surface area is 128 Å². The van der Waals surface area contributed by atoms with E-state index in [1.165, 1.54) is 63.6 Å². The van der Waals surface area contributed by atoms with Crippen molar-refractivity contribution in [2.24, 2.45) is 5.92 Å². The van der Waals surface area contributed by atoms with Gasteiger partial charge in [0, 0.05) is 13.0 Å². The van der Waals surface area contributed by atoms with Crippen molar-refractivity contribution in [2.75, 3.05) is 6.54 Å². The van der Waals surface area contributed by atoms with Crippen molar-refractivity contribution in [3.8, 4) is 0 Å². The molecule has 1 atom stereocenters. The van der Waals surface area contributed by atoms with Crippen LogP contribution in [-0.2, 0) is 13.0 Å². The molecular weight excluding hydrogens is 260 g/mol. The van der Waals surface area contributed by atoms with Crippen molar-refractivity contribution < 1.29 is 0 Å². The van der Waals surface area contributed by atoms with Crippen LogP contribution in [0.2, 0.25) is 0 Å². The standard InChI is InChI=1S/C17H30N4/c1-14(18-12-11-15-8-4-2-5-9-15)17-20-19-16-10-6-3-7-13-21(16)17/h14-15,18H,2-13H2,1H3. The van der Waals surface area contributed by atoms with Crippen LogP contribution in [0.15, 0.2) is 0 Å². The molecule has 1 fully saturated rings. The molecule has 1 aromatic rings. The molecule has 1 aromatic heterocycles. The summed E-state index contributed by atoms with van der Waals surface area (Å²) in [5, 5.41) is 12.5. The lowest BCUT2D eigenvalue weighted by Crippen LogP contribution is -2.25. The molecule has 0 spiro atoms. The zero-order valence-electron chi connectivity index (χ0n) is 13.5. The van der Waals surface area contributed by atoms with Gasteiger partial charge in [-0.15, -0.1) is 10.2 Å². The number of hydrogen-bond donors (Lipinski definition) is 1. The molecule has 2 aliphatic rings. The SMILES string of the molecule is CC(NCCC1CCCCC1)c1nnc2n1CCCCC2. The van der Waals surface area contributed by atoms with Gasteiger partial charge in [-0.2, -0.15) is 0 Å². The summed E-state index contributed by atoms with van der Waals surface area (Å²) in [4.78, 5) is 0. The van der Waals surface area contributed by atoms with Crippen LogP contribution in [0.25, 0.3) is 0 Å². The van der Waals surface area contributed by atoms with Gasteiger partial charge >= 0.3 is 0 Å². The Morgan fingerprint density at radius 1 is 1.10 bits per heavy atom. The van der Waals surface area contributed by atoms with E-state index in [0.717, 1.165) is 31.3 Å². The first-order chi connectivity index (χ1) is 10.3. The fraction of sp³-hybridized carbons (Fsp3) is 0.882. The van der Waals surface area contributed by atoms with Crippen LogP contribution in [0.4, 0.5) is 0 Å². The summed E-state index contributed by atoms with van der Waals surface area (Å²) in [6, 6.07) is 0.327. The predicted molar refractivity (Wildman–Crippen MR) is 85.2 cm³/mol. The lowest BCUT2D eigenvalue weighted by molar-refractivity contribution is 0.327. The number of aryl methyl sites for hydroxylation is 1. The van der Waals surface area contributed by atoms with E-state index in [-0.39, 0.29) is 0 Å². The normalized spacial score (nSPS) is 21.8. The van der Waals surface area contributed by atoms with Crippen molar-refractivity contribution in [3.63, 3.8) is 0 Å². The maximum absolute atomic E-state index is 4.46. The Balaban J connectivity index is 1.50. The third-order valence-electron chi connectivity index (χ3n) is 5.25. The number of nitrogens with zero attached hydrogens (tertiary/aromatic N) is 3. The van der Waals surface area contributed by atoms with Gasteiger partial charge in [0.05, 0.1) is 6.04 Å². The summed E-state index contributed by atoms with van der Waals surface area (Å²) in [6.07, 6.45) is 13.5. The molecule has 0 saturated heterocycles. The van der Waals surface area contributed by atoms with Crippen LogP contribution in [0.3, 0.4) is 0 Å². The van der Waals surface area contributed by atoms with Crippen LogP contribution in [-0.4, -0.2) is 21.3 Å². The van der Waals surface area contributed by atoms with E-state index in [1.54, 1.807) is 0 Å². The van der Waals surface area contributed by atoms with Gasteiger partial charge in [-0.1, -0.05) is 38.5 Å². The Hall–Kier alpha value is -0.900. The first-order valence-electron chi connectivity index (χ1n) is 9.00. The largest absolute Gasteiger partial charge is 0.314 e. The van der Waals surface area contributed by atoms with E-state index in [9.17, 15) is 0 Å². The summed E-state index contributed by atoms with van der Waals surface area (Å²) in [6.45, 7) is 4.46. The van der Waals surface area contributed by atoms with E-state index in [4.69, 9.17) is 0 Å². The summed E-state index contributed by atoms with van der Waals surface area (Å²) in [5.74, 6) is 3.30. The highest BCUT2D eigenvalue weighted by Crippen LogP contribution is 2.26. The molecule has 0 amide bonds. The molecule has 1 aliphatic carbocycles. The minimum absolute atomic E-state index is 0.327. The van der Waals surface area contributed by atoms with E-state index >= 15 is 0 Å². The quantitative estimate of drug-likeness (QED) is 0.900. The van der Waals surface area contributed by atoms with E-state index in [1.807, 2.05) is 0 Å². The molecular formula is C17H30N4.